The number of hydrogen-bond acceptors (Lipinski definition) is 3. The number of amides is 1. The van der Waals surface area contributed by atoms with E-state index in [4.69, 9.17) is 0 Å². The molecule has 2 atom stereocenters. The summed E-state index contributed by atoms with van der Waals surface area (Å²) in [5.74, 6) is 1.05. The van der Waals surface area contributed by atoms with Crippen molar-refractivity contribution in [2.75, 3.05) is 39.3 Å². The summed E-state index contributed by atoms with van der Waals surface area (Å²) in [5, 5.41) is 3.33. The summed E-state index contributed by atoms with van der Waals surface area (Å²) < 4.78 is 0. The third-order valence-corrected chi connectivity index (χ3v) is 3.94. The molecule has 2 fully saturated rings. The summed E-state index contributed by atoms with van der Waals surface area (Å²) in [7, 11) is 0. The molecule has 4 nitrogen and oxygen atoms in total. The Morgan fingerprint density at radius 2 is 2.12 bits per heavy atom. The fourth-order valence-corrected chi connectivity index (χ4v) is 2.98. The van der Waals surface area contributed by atoms with Gasteiger partial charge in [-0.2, -0.15) is 0 Å². The molecule has 0 aliphatic carbocycles. The first-order chi connectivity index (χ1) is 8.16. The van der Waals surface area contributed by atoms with Crippen molar-refractivity contribution in [3.8, 4) is 0 Å². The fourth-order valence-electron chi connectivity index (χ4n) is 2.98. The van der Waals surface area contributed by atoms with Crippen molar-refractivity contribution >= 4 is 5.91 Å². The van der Waals surface area contributed by atoms with Crippen LogP contribution in [0.25, 0.3) is 0 Å². The molecule has 0 aromatic carbocycles. The molecule has 4 heteroatoms. The molecule has 0 saturated carbocycles. The zero-order chi connectivity index (χ0) is 12.3. The van der Waals surface area contributed by atoms with Gasteiger partial charge in [0, 0.05) is 32.2 Å². The molecule has 0 spiro atoms. The van der Waals surface area contributed by atoms with E-state index in [1.165, 1.54) is 6.42 Å². The molecule has 2 saturated heterocycles. The Morgan fingerprint density at radius 1 is 1.29 bits per heavy atom. The lowest BCUT2D eigenvalue weighted by Crippen LogP contribution is -2.43. The van der Waals surface area contributed by atoms with E-state index in [0.717, 1.165) is 45.1 Å². The Balaban J connectivity index is 1.83. The minimum atomic E-state index is 0.314. The van der Waals surface area contributed by atoms with Crippen LogP contribution in [0, 0.1) is 5.92 Å². The topological polar surface area (TPSA) is 35.6 Å². The summed E-state index contributed by atoms with van der Waals surface area (Å²) in [4.78, 5) is 16.6. The van der Waals surface area contributed by atoms with Crippen LogP contribution in [0.4, 0.5) is 0 Å². The largest absolute Gasteiger partial charge is 0.340 e. The number of nitrogens with one attached hydrogen (secondary N) is 1. The van der Waals surface area contributed by atoms with Gasteiger partial charge in [0.2, 0.25) is 5.91 Å². The Morgan fingerprint density at radius 3 is 2.82 bits per heavy atom. The number of carbonyl (C=O) groups is 1. The molecule has 2 aliphatic rings. The maximum absolute atomic E-state index is 12.2. The maximum Gasteiger partial charge on any atom is 0.236 e. The average Bonchev–Trinajstić information content (AvgIpc) is 2.54. The van der Waals surface area contributed by atoms with E-state index < -0.39 is 0 Å². The Hall–Kier alpha value is -0.610. The number of nitrogens with zero attached hydrogens (tertiary/aromatic N) is 2. The first kappa shape index (κ1) is 12.8. The molecule has 0 aromatic rings. The predicted molar refractivity (Wildman–Crippen MR) is 68.9 cm³/mol. The van der Waals surface area contributed by atoms with Crippen molar-refractivity contribution in [1.82, 2.24) is 15.1 Å². The van der Waals surface area contributed by atoms with Crippen LogP contribution in [-0.2, 0) is 4.79 Å². The predicted octanol–water partition coefficient (Wildman–Crippen LogP) is 0.539. The number of hydrogen-bond donors (Lipinski definition) is 1. The smallest absolute Gasteiger partial charge is 0.236 e. The monoisotopic (exact) mass is 239 g/mol. The first-order valence-corrected chi connectivity index (χ1v) is 6.89. The summed E-state index contributed by atoms with van der Waals surface area (Å²) in [6.07, 6.45) is 2.31. The minimum absolute atomic E-state index is 0.314. The van der Waals surface area contributed by atoms with Crippen LogP contribution in [0.2, 0.25) is 0 Å². The standard InChI is InChI=1S/C13H25N3O/c1-11-8-12(2)16(9-11)10-13(17)15-6-3-4-14-5-7-15/h11-12,14H,3-10H2,1-2H3. The molecule has 2 aliphatic heterocycles. The Kier molecular flexibility index (Phi) is 4.40. The van der Waals surface area contributed by atoms with Crippen molar-refractivity contribution in [3.63, 3.8) is 0 Å². The number of carbonyl (C=O) groups excluding carboxylic acids is 1. The Bertz CT molecular complexity index is 261. The third kappa shape index (κ3) is 3.42. The van der Waals surface area contributed by atoms with Gasteiger partial charge >= 0.3 is 0 Å². The molecular weight excluding hydrogens is 214 g/mol. The number of likely N-dealkylation sites (tertiary alicyclic amines) is 1. The van der Waals surface area contributed by atoms with Crippen molar-refractivity contribution in [2.24, 2.45) is 5.92 Å². The molecule has 1 amide bonds. The van der Waals surface area contributed by atoms with E-state index in [9.17, 15) is 4.79 Å². The number of rotatable bonds is 2. The van der Waals surface area contributed by atoms with Gasteiger partial charge in [0.15, 0.2) is 0 Å². The maximum atomic E-state index is 12.2. The normalized spacial score (nSPS) is 31.5. The van der Waals surface area contributed by atoms with Gasteiger partial charge in [0.05, 0.1) is 6.54 Å². The summed E-state index contributed by atoms with van der Waals surface area (Å²) in [6, 6.07) is 0.569. The van der Waals surface area contributed by atoms with Crippen LogP contribution in [0.5, 0.6) is 0 Å². The van der Waals surface area contributed by atoms with Crippen LogP contribution in [0.3, 0.4) is 0 Å². The zero-order valence-corrected chi connectivity index (χ0v) is 11.1. The van der Waals surface area contributed by atoms with E-state index in [1.54, 1.807) is 0 Å². The van der Waals surface area contributed by atoms with E-state index in [1.807, 2.05) is 4.90 Å². The summed E-state index contributed by atoms with van der Waals surface area (Å²) in [6.45, 7) is 9.99. The van der Waals surface area contributed by atoms with E-state index in [-0.39, 0.29) is 0 Å². The lowest BCUT2D eigenvalue weighted by Gasteiger charge is -2.26. The zero-order valence-electron chi connectivity index (χ0n) is 11.1. The van der Waals surface area contributed by atoms with Crippen molar-refractivity contribution in [2.45, 2.75) is 32.7 Å². The molecular formula is C13H25N3O. The second kappa shape index (κ2) is 5.83. The first-order valence-electron chi connectivity index (χ1n) is 6.89. The van der Waals surface area contributed by atoms with Gasteiger partial charge in [0.1, 0.15) is 0 Å². The SMILES string of the molecule is CC1CC(C)N(CC(=O)N2CCCNCC2)C1. The van der Waals surface area contributed by atoms with E-state index in [0.29, 0.717) is 18.5 Å². The van der Waals surface area contributed by atoms with Gasteiger partial charge < -0.3 is 10.2 Å². The highest BCUT2D eigenvalue weighted by atomic mass is 16.2. The van der Waals surface area contributed by atoms with Crippen molar-refractivity contribution in [3.05, 3.63) is 0 Å². The van der Waals surface area contributed by atoms with Crippen LogP contribution in [0.1, 0.15) is 26.7 Å². The summed E-state index contributed by atoms with van der Waals surface area (Å²) >= 11 is 0. The van der Waals surface area contributed by atoms with Crippen LogP contribution in [-0.4, -0.2) is 61.0 Å². The molecule has 0 bridgehead atoms. The van der Waals surface area contributed by atoms with Crippen LogP contribution in [0.15, 0.2) is 0 Å². The average molecular weight is 239 g/mol. The van der Waals surface area contributed by atoms with Crippen LogP contribution < -0.4 is 5.32 Å². The minimum Gasteiger partial charge on any atom is -0.340 e. The van der Waals surface area contributed by atoms with Gasteiger partial charge in [-0.3, -0.25) is 9.69 Å². The van der Waals surface area contributed by atoms with Gasteiger partial charge in [-0.15, -0.1) is 0 Å². The molecule has 2 unspecified atom stereocenters. The molecule has 0 aromatic heterocycles. The lowest BCUT2D eigenvalue weighted by atomic mass is 10.1. The molecule has 98 valence electrons. The third-order valence-electron chi connectivity index (χ3n) is 3.94. The quantitative estimate of drug-likeness (QED) is 0.764. The highest BCUT2D eigenvalue weighted by molar-refractivity contribution is 5.78. The second-order valence-corrected chi connectivity index (χ2v) is 5.60. The summed E-state index contributed by atoms with van der Waals surface area (Å²) in [5.41, 5.74) is 0. The highest BCUT2D eigenvalue weighted by Crippen LogP contribution is 2.21. The second-order valence-electron chi connectivity index (χ2n) is 5.60. The molecule has 1 N–H and O–H groups in total. The van der Waals surface area contributed by atoms with Gasteiger partial charge in [-0.25, -0.2) is 0 Å². The van der Waals surface area contributed by atoms with E-state index >= 15 is 0 Å². The fraction of sp³-hybridized carbons (Fsp3) is 0.923. The van der Waals surface area contributed by atoms with Gasteiger partial charge in [-0.1, -0.05) is 6.92 Å². The highest BCUT2D eigenvalue weighted by Gasteiger charge is 2.28. The lowest BCUT2D eigenvalue weighted by molar-refractivity contribution is -0.132. The van der Waals surface area contributed by atoms with E-state index in [2.05, 4.69) is 24.1 Å². The van der Waals surface area contributed by atoms with Crippen molar-refractivity contribution in [1.29, 1.82) is 0 Å². The molecule has 2 rings (SSSR count). The van der Waals surface area contributed by atoms with Gasteiger partial charge in [-0.05, 0) is 32.2 Å². The Labute approximate surface area is 104 Å². The van der Waals surface area contributed by atoms with Crippen LogP contribution >= 0.6 is 0 Å². The van der Waals surface area contributed by atoms with Gasteiger partial charge in [0.25, 0.3) is 0 Å². The van der Waals surface area contributed by atoms with Crippen molar-refractivity contribution < 1.29 is 4.79 Å². The molecule has 0 radical (unpaired) electrons. The molecule has 17 heavy (non-hydrogen) atoms. The molecule has 2 heterocycles.